The monoisotopic (exact) mass is 484 g/mol. The molecule has 4 rings (SSSR count). The van der Waals surface area contributed by atoms with Gasteiger partial charge in [0.05, 0.1) is 17.0 Å². The highest BCUT2D eigenvalue weighted by Crippen LogP contribution is 2.38. The predicted molar refractivity (Wildman–Crippen MR) is 132 cm³/mol. The van der Waals surface area contributed by atoms with Crippen LogP contribution in [0.3, 0.4) is 0 Å². The van der Waals surface area contributed by atoms with Crippen molar-refractivity contribution in [2.75, 3.05) is 42.9 Å². The third-order valence-electron chi connectivity index (χ3n) is 7.03. The van der Waals surface area contributed by atoms with Crippen molar-refractivity contribution >= 4 is 34.7 Å². The Morgan fingerprint density at radius 2 is 1.91 bits per heavy atom. The van der Waals surface area contributed by atoms with Gasteiger partial charge in [-0.25, -0.2) is 0 Å². The minimum absolute atomic E-state index is 0.0128. The number of anilines is 2. The SMILES string of the molecule is Cc1c(C#N)c(NC(=O)CN2CCN(c3ccc(Cl)cc3[N+](=O)[O-])CC2)n(C2CCCC2)c1C. The topological polar surface area (TPSA) is 107 Å². The van der Waals surface area contributed by atoms with Crippen LogP contribution in [0.1, 0.15) is 48.5 Å². The molecule has 1 aromatic heterocycles. The van der Waals surface area contributed by atoms with E-state index >= 15 is 0 Å². The average molecular weight is 485 g/mol. The molecule has 0 bridgehead atoms. The van der Waals surface area contributed by atoms with Gasteiger partial charge in [-0.05, 0) is 44.4 Å². The molecule has 2 fully saturated rings. The predicted octanol–water partition coefficient (Wildman–Crippen LogP) is 4.41. The number of hydrogen-bond acceptors (Lipinski definition) is 6. The van der Waals surface area contributed by atoms with Gasteiger partial charge in [-0.3, -0.25) is 19.8 Å². The van der Waals surface area contributed by atoms with Gasteiger partial charge < -0.3 is 14.8 Å². The lowest BCUT2D eigenvalue weighted by atomic mass is 10.2. The third-order valence-corrected chi connectivity index (χ3v) is 7.27. The van der Waals surface area contributed by atoms with Crippen molar-refractivity contribution in [3.05, 3.63) is 50.2 Å². The van der Waals surface area contributed by atoms with Crippen molar-refractivity contribution in [1.82, 2.24) is 9.47 Å². The first-order chi connectivity index (χ1) is 16.3. The Morgan fingerprint density at radius 1 is 1.24 bits per heavy atom. The van der Waals surface area contributed by atoms with Crippen LogP contribution in [-0.2, 0) is 4.79 Å². The van der Waals surface area contributed by atoms with Crippen LogP contribution in [0, 0.1) is 35.3 Å². The van der Waals surface area contributed by atoms with E-state index in [1.54, 1.807) is 12.1 Å². The molecule has 0 spiro atoms. The smallest absolute Gasteiger partial charge is 0.294 e. The molecular formula is C24H29ClN6O3. The van der Waals surface area contributed by atoms with E-state index in [1.165, 1.54) is 6.07 Å². The second kappa shape index (κ2) is 10.0. The average Bonchev–Trinajstić information content (AvgIpc) is 3.41. The van der Waals surface area contributed by atoms with Crippen molar-refractivity contribution in [1.29, 1.82) is 5.26 Å². The molecule has 1 N–H and O–H groups in total. The van der Waals surface area contributed by atoms with Crippen LogP contribution in [-0.4, -0.2) is 53.0 Å². The Kier molecular flexibility index (Phi) is 7.10. The van der Waals surface area contributed by atoms with E-state index in [1.807, 2.05) is 23.6 Å². The molecular weight excluding hydrogens is 456 g/mol. The van der Waals surface area contributed by atoms with E-state index in [-0.39, 0.29) is 18.1 Å². The fourth-order valence-corrected chi connectivity index (χ4v) is 5.30. The number of nitriles is 1. The number of piperazine rings is 1. The molecule has 2 aliphatic rings. The van der Waals surface area contributed by atoms with Gasteiger partial charge in [0.15, 0.2) is 0 Å². The number of benzene rings is 1. The van der Waals surface area contributed by atoms with Crippen LogP contribution < -0.4 is 10.2 Å². The number of nitrogens with zero attached hydrogens (tertiary/aromatic N) is 5. The fraction of sp³-hybridized carbons (Fsp3) is 0.500. The first-order valence-corrected chi connectivity index (χ1v) is 12.0. The summed E-state index contributed by atoms with van der Waals surface area (Å²) >= 11 is 5.93. The lowest BCUT2D eigenvalue weighted by Crippen LogP contribution is -2.48. The largest absolute Gasteiger partial charge is 0.363 e. The Bertz CT molecular complexity index is 1140. The summed E-state index contributed by atoms with van der Waals surface area (Å²) in [5, 5.41) is 24.5. The Labute approximate surface area is 204 Å². The lowest BCUT2D eigenvalue weighted by molar-refractivity contribution is -0.384. The molecule has 1 saturated heterocycles. The van der Waals surface area contributed by atoms with Gasteiger partial charge in [0.25, 0.3) is 5.69 Å². The minimum atomic E-state index is -0.419. The molecule has 0 radical (unpaired) electrons. The van der Waals surface area contributed by atoms with Crippen molar-refractivity contribution in [3.63, 3.8) is 0 Å². The van der Waals surface area contributed by atoms with E-state index in [9.17, 15) is 20.2 Å². The highest BCUT2D eigenvalue weighted by molar-refractivity contribution is 6.30. The number of aromatic nitrogens is 1. The lowest BCUT2D eigenvalue weighted by Gasteiger charge is -2.35. The molecule has 1 aliphatic heterocycles. The third kappa shape index (κ3) is 4.74. The zero-order valence-corrected chi connectivity index (χ0v) is 20.3. The molecule has 2 heterocycles. The number of nitro groups is 1. The van der Waals surface area contributed by atoms with Gasteiger partial charge in [-0.1, -0.05) is 24.4 Å². The normalized spacial score (nSPS) is 17.1. The Hall–Kier alpha value is -3.09. The highest BCUT2D eigenvalue weighted by Gasteiger charge is 2.28. The number of rotatable bonds is 6. The Balaban J connectivity index is 1.42. The molecule has 1 aromatic carbocycles. The molecule has 1 saturated carbocycles. The summed E-state index contributed by atoms with van der Waals surface area (Å²) in [6, 6.07) is 7.29. The number of amides is 1. The van der Waals surface area contributed by atoms with Crippen LogP contribution in [0.2, 0.25) is 5.02 Å². The number of nitro benzene ring substituents is 1. The van der Waals surface area contributed by atoms with Gasteiger partial charge in [0.1, 0.15) is 17.6 Å². The van der Waals surface area contributed by atoms with Crippen molar-refractivity contribution in [2.24, 2.45) is 0 Å². The van der Waals surface area contributed by atoms with Gasteiger partial charge >= 0.3 is 0 Å². The first kappa shape index (κ1) is 24.0. The molecule has 0 unspecified atom stereocenters. The highest BCUT2D eigenvalue weighted by atomic mass is 35.5. The quantitative estimate of drug-likeness (QED) is 0.480. The second-order valence-electron chi connectivity index (χ2n) is 9.06. The summed E-state index contributed by atoms with van der Waals surface area (Å²) in [7, 11) is 0. The van der Waals surface area contributed by atoms with Crippen LogP contribution in [0.4, 0.5) is 17.2 Å². The van der Waals surface area contributed by atoms with Crippen LogP contribution >= 0.6 is 11.6 Å². The number of hydrogen-bond donors (Lipinski definition) is 1. The number of carbonyl (C=O) groups is 1. The van der Waals surface area contributed by atoms with Gasteiger partial charge in [-0.15, -0.1) is 0 Å². The summed E-state index contributed by atoms with van der Waals surface area (Å²) < 4.78 is 2.15. The summed E-state index contributed by atoms with van der Waals surface area (Å²) in [6.07, 6.45) is 4.43. The summed E-state index contributed by atoms with van der Waals surface area (Å²) in [6.45, 7) is 6.48. The van der Waals surface area contributed by atoms with Gasteiger partial charge in [0.2, 0.25) is 5.91 Å². The zero-order valence-electron chi connectivity index (χ0n) is 19.5. The van der Waals surface area contributed by atoms with Crippen LogP contribution in [0.25, 0.3) is 0 Å². The summed E-state index contributed by atoms with van der Waals surface area (Å²) in [5.74, 6) is 0.462. The van der Waals surface area contributed by atoms with E-state index in [0.717, 1.165) is 36.9 Å². The van der Waals surface area contributed by atoms with Crippen molar-refractivity contribution < 1.29 is 9.72 Å². The maximum absolute atomic E-state index is 13.0. The molecule has 9 nitrogen and oxygen atoms in total. The number of carbonyl (C=O) groups excluding carboxylic acids is 1. The maximum Gasteiger partial charge on any atom is 0.294 e. The molecule has 34 heavy (non-hydrogen) atoms. The molecule has 0 atom stereocenters. The van der Waals surface area contributed by atoms with Crippen molar-refractivity contribution in [2.45, 2.75) is 45.6 Å². The minimum Gasteiger partial charge on any atom is -0.363 e. The molecule has 2 aromatic rings. The van der Waals surface area contributed by atoms with E-state index in [0.29, 0.717) is 54.3 Å². The zero-order chi connectivity index (χ0) is 24.4. The summed E-state index contributed by atoms with van der Waals surface area (Å²) in [4.78, 5) is 28.0. The number of nitrogens with one attached hydrogen (secondary N) is 1. The van der Waals surface area contributed by atoms with Gasteiger partial charge in [0, 0.05) is 49.0 Å². The maximum atomic E-state index is 13.0. The van der Waals surface area contributed by atoms with Crippen LogP contribution in [0.15, 0.2) is 18.2 Å². The molecule has 1 amide bonds. The molecule has 10 heteroatoms. The second-order valence-corrected chi connectivity index (χ2v) is 9.49. The Morgan fingerprint density at radius 3 is 2.53 bits per heavy atom. The van der Waals surface area contributed by atoms with E-state index in [2.05, 4.69) is 16.0 Å². The van der Waals surface area contributed by atoms with E-state index in [4.69, 9.17) is 11.6 Å². The number of halogens is 1. The first-order valence-electron chi connectivity index (χ1n) is 11.6. The van der Waals surface area contributed by atoms with Crippen LogP contribution in [0.5, 0.6) is 0 Å². The molecule has 1 aliphatic carbocycles. The molecule has 180 valence electrons. The van der Waals surface area contributed by atoms with Gasteiger partial charge in [-0.2, -0.15) is 5.26 Å². The van der Waals surface area contributed by atoms with E-state index < -0.39 is 4.92 Å². The fourth-order valence-electron chi connectivity index (χ4n) is 5.14. The summed E-state index contributed by atoms with van der Waals surface area (Å²) in [5.41, 5.74) is 3.02. The van der Waals surface area contributed by atoms with Crippen molar-refractivity contribution in [3.8, 4) is 6.07 Å². The standard InChI is InChI=1S/C24H29ClN6O3/c1-16-17(2)30(19-5-3-4-6-19)24(20(16)14-26)27-23(32)15-28-9-11-29(12-10-28)21-8-7-18(25)13-22(21)31(33)34/h7-8,13,19H,3-6,9-12,15H2,1-2H3,(H,27,32).